The van der Waals surface area contributed by atoms with Crippen LogP contribution in [-0.4, -0.2) is 25.1 Å². The molecule has 4 aromatic rings. The summed E-state index contributed by atoms with van der Waals surface area (Å²) in [5.41, 5.74) is 2.22. The predicted molar refractivity (Wildman–Crippen MR) is 123 cm³/mol. The summed E-state index contributed by atoms with van der Waals surface area (Å²) < 4.78 is 9.08. The molecule has 9 heteroatoms. The van der Waals surface area contributed by atoms with E-state index in [1.54, 1.807) is 47.4 Å². The fraction of sp³-hybridized carbons (Fsp3) is 0.217. The van der Waals surface area contributed by atoms with E-state index in [4.69, 9.17) is 16.3 Å². The minimum Gasteiger partial charge on any atom is -0.487 e. The molecule has 0 aliphatic heterocycles. The molecular formula is C23H22ClN5O3. The maximum atomic E-state index is 12.5. The summed E-state index contributed by atoms with van der Waals surface area (Å²) in [6.07, 6.45) is 1.59. The maximum Gasteiger partial charge on any atom is 0.274 e. The van der Waals surface area contributed by atoms with Crippen LogP contribution in [0.15, 0.2) is 59.7 Å². The number of nitrogens with zero attached hydrogens (tertiary/aromatic N) is 4. The maximum absolute atomic E-state index is 12.5. The largest absolute Gasteiger partial charge is 0.487 e. The Morgan fingerprint density at radius 2 is 1.91 bits per heavy atom. The van der Waals surface area contributed by atoms with Crippen molar-refractivity contribution in [3.8, 4) is 5.75 Å². The quantitative estimate of drug-likeness (QED) is 0.473. The lowest BCUT2D eigenvalue weighted by atomic mass is 10.1. The molecule has 0 aliphatic rings. The molecule has 1 amide bonds. The van der Waals surface area contributed by atoms with Crippen molar-refractivity contribution in [1.82, 2.24) is 19.2 Å². The molecule has 0 spiro atoms. The third kappa shape index (κ3) is 4.50. The van der Waals surface area contributed by atoms with Crippen LogP contribution in [0.3, 0.4) is 0 Å². The second kappa shape index (κ2) is 8.84. The first-order valence-corrected chi connectivity index (χ1v) is 10.5. The Morgan fingerprint density at radius 1 is 1.16 bits per heavy atom. The summed E-state index contributed by atoms with van der Waals surface area (Å²) in [6.45, 7) is 5.92. The van der Waals surface area contributed by atoms with Crippen molar-refractivity contribution in [3.63, 3.8) is 0 Å². The van der Waals surface area contributed by atoms with Crippen molar-refractivity contribution in [2.75, 3.05) is 5.32 Å². The molecule has 0 bridgehead atoms. The van der Waals surface area contributed by atoms with E-state index in [-0.39, 0.29) is 24.1 Å². The summed E-state index contributed by atoms with van der Waals surface area (Å²) in [5, 5.41) is 3.41. The molecule has 0 saturated heterocycles. The SMILES string of the molecule is Cc1ccc(NC(=O)c2ccc(Cl)cc2)cc1OCc1cc(=O)n2c(ncn2C(C)C)n1. The first-order valence-electron chi connectivity index (χ1n) is 10.1. The molecule has 164 valence electrons. The number of amides is 1. The molecule has 4 rings (SSSR count). The summed E-state index contributed by atoms with van der Waals surface area (Å²) in [5.74, 6) is 0.650. The number of anilines is 1. The minimum absolute atomic E-state index is 0.0788. The van der Waals surface area contributed by atoms with Crippen LogP contribution < -0.4 is 15.6 Å². The summed E-state index contributed by atoms with van der Waals surface area (Å²) in [7, 11) is 0. The second-order valence-corrected chi connectivity index (χ2v) is 8.08. The lowest BCUT2D eigenvalue weighted by Crippen LogP contribution is -2.23. The number of carbonyl (C=O) groups is 1. The Morgan fingerprint density at radius 3 is 2.62 bits per heavy atom. The van der Waals surface area contributed by atoms with Gasteiger partial charge in [-0.15, -0.1) is 0 Å². The Labute approximate surface area is 189 Å². The van der Waals surface area contributed by atoms with E-state index in [1.807, 2.05) is 26.8 Å². The van der Waals surface area contributed by atoms with Crippen LogP contribution in [0.4, 0.5) is 5.69 Å². The first-order chi connectivity index (χ1) is 15.3. The van der Waals surface area contributed by atoms with Gasteiger partial charge in [0.1, 0.15) is 18.7 Å². The van der Waals surface area contributed by atoms with Crippen LogP contribution >= 0.6 is 11.6 Å². The molecule has 0 saturated carbocycles. The first kappa shape index (κ1) is 21.6. The van der Waals surface area contributed by atoms with Crippen molar-refractivity contribution in [2.45, 2.75) is 33.4 Å². The molecule has 8 nitrogen and oxygen atoms in total. The van der Waals surface area contributed by atoms with Crippen molar-refractivity contribution in [2.24, 2.45) is 0 Å². The number of aromatic nitrogens is 4. The normalized spacial score (nSPS) is 11.2. The van der Waals surface area contributed by atoms with E-state index >= 15 is 0 Å². The third-order valence-electron chi connectivity index (χ3n) is 4.91. The number of nitrogens with one attached hydrogen (secondary N) is 1. The van der Waals surface area contributed by atoms with Crippen LogP contribution in [0.1, 0.15) is 41.5 Å². The van der Waals surface area contributed by atoms with Crippen molar-refractivity contribution >= 4 is 29.0 Å². The predicted octanol–water partition coefficient (Wildman–Crippen LogP) is 4.27. The number of hydrogen-bond acceptors (Lipinski definition) is 5. The molecule has 0 fully saturated rings. The van der Waals surface area contributed by atoms with E-state index in [1.165, 1.54) is 10.6 Å². The fourth-order valence-electron chi connectivity index (χ4n) is 3.20. The smallest absolute Gasteiger partial charge is 0.274 e. The zero-order valence-electron chi connectivity index (χ0n) is 17.9. The van der Waals surface area contributed by atoms with Crippen molar-refractivity contribution in [3.05, 3.63) is 87.1 Å². The molecular weight excluding hydrogens is 430 g/mol. The highest BCUT2D eigenvalue weighted by molar-refractivity contribution is 6.30. The molecule has 2 heterocycles. The molecule has 0 unspecified atom stereocenters. The van der Waals surface area contributed by atoms with Gasteiger partial charge in [0.15, 0.2) is 0 Å². The van der Waals surface area contributed by atoms with Gasteiger partial charge in [-0.1, -0.05) is 17.7 Å². The molecule has 2 aromatic carbocycles. The molecule has 2 aromatic heterocycles. The van der Waals surface area contributed by atoms with E-state index in [2.05, 4.69) is 15.3 Å². The van der Waals surface area contributed by atoms with E-state index < -0.39 is 0 Å². The van der Waals surface area contributed by atoms with Gasteiger partial charge in [-0.25, -0.2) is 4.98 Å². The topological polar surface area (TPSA) is 90.5 Å². The second-order valence-electron chi connectivity index (χ2n) is 7.65. The Bertz CT molecular complexity index is 1340. The highest BCUT2D eigenvalue weighted by atomic mass is 35.5. The van der Waals surface area contributed by atoms with Crippen LogP contribution in [0, 0.1) is 6.92 Å². The Balaban J connectivity index is 1.50. The lowest BCUT2D eigenvalue weighted by molar-refractivity contribution is 0.102. The van der Waals surface area contributed by atoms with Gasteiger partial charge in [0, 0.05) is 34.4 Å². The minimum atomic E-state index is -0.252. The molecule has 1 N–H and O–H groups in total. The van der Waals surface area contributed by atoms with Gasteiger partial charge in [0.25, 0.3) is 17.2 Å². The van der Waals surface area contributed by atoms with Gasteiger partial charge in [0.2, 0.25) is 0 Å². The average Bonchev–Trinajstić information content (AvgIpc) is 3.19. The van der Waals surface area contributed by atoms with Crippen LogP contribution in [0.25, 0.3) is 5.78 Å². The zero-order chi connectivity index (χ0) is 22.8. The number of halogens is 1. The highest BCUT2D eigenvalue weighted by Gasteiger charge is 2.12. The fourth-order valence-corrected chi connectivity index (χ4v) is 3.33. The summed E-state index contributed by atoms with van der Waals surface area (Å²) >= 11 is 5.88. The van der Waals surface area contributed by atoms with Crippen LogP contribution in [0.2, 0.25) is 5.02 Å². The van der Waals surface area contributed by atoms with Gasteiger partial charge < -0.3 is 10.1 Å². The number of benzene rings is 2. The van der Waals surface area contributed by atoms with E-state index in [9.17, 15) is 9.59 Å². The van der Waals surface area contributed by atoms with Gasteiger partial charge >= 0.3 is 0 Å². The number of carbonyl (C=O) groups excluding carboxylic acids is 1. The van der Waals surface area contributed by atoms with Gasteiger partial charge in [-0.2, -0.15) is 9.50 Å². The number of aryl methyl sites for hydroxylation is 1. The van der Waals surface area contributed by atoms with Crippen molar-refractivity contribution in [1.29, 1.82) is 0 Å². The third-order valence-corrected chi connectivity index (χ3v) is 5.16. The van der Waals surface area contributed by atoms with Gasteiger partial charge in [0.05, 0.1) is 5.69 Å². The van der Waals surface area contributed by atoms with Gasteiger partial charge in [-0.3, -0.25) is 14.3 Å². The highest BCUT2D eigenvalue weighted by Crippen LogP contribution is 2.24. The number of fused-ring (bicyclic) bond motifs is 1. The van der Waals surface area contributed by atoms with Gasteiger partial charge in [-0.05, 0) is 56.7 Å². The van der Waals surface area contributed by atoms with E-state index in [0.717, 1.165) is 5.56 Å². The van der Waals surface area contributed by atoms with Crippen LogP contribution in [0.5, 0.6) is 5.75 Å². The molecule has 0 atom stereocenters. The van der Waals surface area contributed by atoms with Crippen LogP contribution in [-0.2, 0) is 6.61 Å². The Hall–Kier alpha value is -3.65. The van der Waals surface area contributed by atoms with E-state index in [0.29, 0.717) is 33.5 Å². The number of ether oxygens (including phenoxy) is 1. The zero-order valence-corrected chi connectivity index (χ0v) is 18.6. The standard InChI is InChI=1S/C23H22ClN5O3/c1-14(2)28-13-25-23-27-19(11-21(30)29(23)28)12-32-20-10-18(9-4-15(20)3)26-22(31)16-5-7-17(24)8-6-16/h4-11,13-14H,12H2,1-3H3,(H,26,31). The summed E-state index contributed by atoms with van der Waals surface area (Å²) in [4.78, 5) is 33.7. The van der Waals surface area contributed by atoms with Crippen molar-refractivity contribution < 1.29 is 9.53 Å². The molecule has 0 radical (unpaired) electrons. The summed E-state index contributed by atoms with van der Waals surface area (Å²) in [6, 6.07) is 13.5. The number of rotatable bonds is 6. The lowest BCUT2D eigenvalue weighted by Gasteiger charge is -2.12. The number of hydrogen-bond donors (Lipinski definition) is 1. The molecule has 32 heavy (non-hydrogen) atoms. The monoisotopic (exact) mass is 451 g/mol. The Kier molecular flexibility index (Phi) is 5.96. The molecule has 0 aliphatic carbocycles. The average molecular weight is 452 g/mol.